The van der Waals surface area contributed by atoms with Gasteiger partial charge in [-0.3, -0.25) is 9.48 Å². The summed E-state index contributed by atoms with van der Waals surface area (Å²) in [5.74, 6) is 0.350. The van der Waals surface area contributed by atoms with Gasteiger partial charge in [0.15, 0.2) is 0 Å². The molecule has 1 aromatic carbocycles. The van der Waals surface area contributed by atoms with E-state index in [1.54, 1.807) is 36.1 Å². The van der Waals surface area contributed by atoms with Crippen LogP contribution in [0.5, 0.6) is 0 Å². The van der Waals surface area contributed by atoms with Gasteiger partial charge in [0.25, 0.3) is 5.91 Å². The van der Waals surface area contributed by atoms with Crippen LogP contribution in [0.4, 0.5) is 5.82 Å². The molecule has 5 nitrogen and oxygen atoms in total. The quantitative estimate of drug-likeness (QED) is 0.789. The Bertz CT molecular complexity index is 626. The number of carbonyl (C=O) groups excluding carboxylic acids is 1. The highest BCUT2D eigenvalue weighted by Crippen LogP contribution is 2.19. The first-order chi connectivity index (χ1) is 8.99. The molecule has 0 fully saturated rings. The highest BCUT2D eigenvalue weighted by Gasteiger charge is 2.10. The number of anilines is 1. The van der Waals surface area contributed by atoms with Gasteiger partial charge in [0.1, 0.15) is 5.82 Å². The lowest BCUT2D eigenvalue weighted by Gasteiger charge is -2.06. The van der Waals surface area contributed by atoms with Gasteiger partial charge in [-0.15, -0.1) is 0 Å². The molecule has 0 bridgehead atoms. The fourth-order valence-corrected chi connectivity index (χ4v) is 2.06. The van der Waals surface area contributed by atoms with Gasteiger partial charge in [0.05, 0.1) is 11.2 Å². The molecule has 2 rings (SSSR count). The number of hydrogen-bond acceptors (Lipinski definition) is 3. The van der Waals surface area contributed by atoms with Crippen LogP contribution < -0.4 is 11.1 Å². The second-order valence-electron chi connectivity index (χ2n) is 3.99. The number of nitrogens with one attached hydrogen (secondary N) is 1. The summed E-state index contributed by atoms with van der Waals surface area (Å²) >= 11 is 8.09. The zero-order valence-corrected chi connectivity index (χ0v) is 13.1. The van der Waals surface area contributed by atoms with Crippen molar-refractivity contribution in [2.24, 2.45) is 7.05 Å². The molecule has 1 amide bonds. The summed E-state index contributed by atoms with van der Waals surface area (Å²) in [5.41, 5.74) is 7.10. The molecule has 7 heteroatoms. The Morgan fingerprint density at radius 1 is 1.58 bits per heavy atom. The average molecular weight is 391 g/mol. The van der Waals surface area contributed by atoms with Crippen molar-refractivity contribution in [3.8, 4) is 0 Å². The first kappa shape index (κ1) is 14.1. The van der Waals surface area contributed by atoms with Crippen molar-refractivity contribution in [3.63, 3.8) is 0 Å². The van der Waals surface area contributed by atoms with Crippen molar-refractivity contribution < 1.29 is 4.79 Å². The van der Waals surface area contributed by atoms with Crippen LogP contribution in [0.3, 0.4) is 0 Å². The lowest BCUT2D eigenvalue weighted by molar-refractivity contribution is 0.0951. The van der Waals surface area contributed by atoms with Gasteiger partial charge in [-0.05, 0) is 40.8 Å². The van der Waals surface area contributed by atoms with Crippen molar-refractivity contribution in [1.82, 2.24) is 15.1 Å². The predicted octanol–water partition coefficient (Wildman–Crippen LogP) is 2.19. The van der Waals surface area contributed by atoms with Gasteiger partial charge in [-0.2, -0.15) is 5.10 Å². The van der Waals surface area contributed by atoms with E-state index in [4.69, 9.17) is 17.3 Å². The number of aromatic nitrogens is 2. The van der Waals surface area contributed by atoms with Crippen LogP contribution in [0.1, 0.15) is 15.9 Å². The number of amides is 1. The van der Waals surface area contributed by atoms with E-state index in [9.17, 15) is 4.79 Å². The molecule has 2 aromatic rings. The largest absolute Gasteiger partial charge is 0.384 e. The molecule has 19 heavy (non-hydrogen) atoms. The number of nitrogens with two attached hydrogens (primary N) is 1. The number of nitrogen functional groups attached to an aromatic ring is 1. The van der Waals surface area contributed by atoms with Crippen LogP contribution >= 0.6 is 34.2 Å². The van der Waals surface area contributed by atoms with E-state index < -0.39 is 0 Å². The molecule has 0 spiro atoms. The van der Waals surface area contributed by atoms with Crippen molar-refractivity contribution in [1.29, 1.82) is 0 Å². The van der Waals surface area contributed by atoms with Gasteiger partial charge < -0.3 is 11.1 Å². The molecule has 1 aromatic heterocycles. The van der Waals surface area contributed by atoms with E-state index >= 15 is 0 Å². The summed E-state index contributed by atoms with van der Waals surface area (Å²) in [6.07, 6.45) is 1.64. The monoisotopic (exact) mass is 390 g/mol. The van der Waals surface area contributed by atoms with E-state index in [-0.39, 0.29) is 5.91 Å². The minimum Gasteiger partial charge on any atom is -0.384 e. The van der Waals surface area contributed by atoms with E-state index in [2.05, 4.69) is 33.0 Å². The number of rotatable bonds is 3. The summed E-state index contributed by atoms with van der Waals surface area (Å²) in [7, 11) is 1.75. The first-order valence-electron chi connectivity index (χ1n) is 5.48. The molecule has 0 saturated heterocycles. The summed E-state index contributed by atoms with van der Waals surface area (Å²) < 4.78 is 2.47. The van der Waals surface area contributed by atoms with Crippen molar-refractivity contribution in [2.45, 2.75) is 6.54 Å². The lowest BCUT2D eigenvalue weighted by atomic mass is 10.2. The summed E-state index contributed by atoms with van der Waals surface area (Å²) in [5, 5.41) is 7.36. The summed E-state index contributed by atoms with van der Waals surface area (Å²) in [4.78, 5) is 12.0. The fourth-order valence-electron chi connectivity index (χ4n) is 1.54. The molecule has 3 N–H and O–H groups in total. The third-order valence-electron chi connectivity index (χ3n) is 2.69. The maximum absolute atomic E-state index is 12.0. The lowest BCUT2D eigenvalue weighted by Crippen LogP contribution is -2.23. The molecule has 100 valence electrons. The number of aryl methyl sites for hydroxylation is 1. The molecule has 0 unspecified atom stereocenters. The van der Waals surface area contributed by atoms with E-state index in [0.717, 1.165) is 9.13 Å². The molecule has 0 aliphatic rings. The van der Waals surface area contributed by atoms with Crippen LogP contribution in [0.25, 0.3) is 0 Å². The highest BCUT2D eigenvalue weighted by molar-refractivity contribution is 14.1. The minimum absolute atomic E-state index is 0.193. The van der Waals surface area contributed by atoms with Gasteiger partial charge in [0.2, 0.25) is 0 Å². The topological polar surface area (TPSA) is 72.9 Å². The summed E-state index contributed by atoms with van der Waals surface area (Å²) in [6.45, 7) is 0.335. The maximum Gasteiger partial charge on any atom is 0.251 e. The minimum atomic E-state index is -0.193. The zero-order valence-electron chi connectivity index (χ0n) is 10.2. The second-order valence-corrected chi connectivity index (χ2v) is 5.56. The van der Waals surface area contributed by atoms with Crippen LogP contribution in [-0.4, -0.2) is 15.7 Å². The van der Waals surface area contributed by atoms with E-state index in [1.165, 1.54) is 0 Å². The Balaban J connectivity index is 2.05. The Hall–Kier alpha value is -1.28. The van der Waals surface area contributed by atoms with Crippen LogP contribution in [-0.2, 0) is 13.6 Å². The molecule has 0 saturated carbocycles. The standard InChI is InChI=1S/C12H12ClIN4O/c1-18-11(15)8(6-17-18)5-16-12(19)7-2-3-10(14)9(13)4-7/h2-4,6H,5,15H2,1H3,(H,16,19). The normalized spacial score (nSPS) is 10.5. The van der Waals surface area contributed by atoms with Gasteiger partial charge in [0, 0.05) is 28.3 Å². The van der Waals surface area contributed by atoms with Crippen molar-refractivity contribution >= 4 is 45.9 Å². The maximum atomic E-state index is 12.0. The zero-order chi connectivity index (χ0) is 14.0. The number of benzene rings is 1. The number of hydrogen-bond donors (Lipinski definition) is 2. The Labute approximate surface area is 129 Å². The van der Waals surface area contributed by atoms with Gasteiger partial charge >= 0.3 is 0 Å². The van der Waals surface area contributed by atoms with Gasteiger partial charge in [-0.1, -0.05) is 11.6 Å². The molecular weight excluding hydrogens is 379 g/mol. The van der Waals surface area contributed by atoms with Gasteiger partial charge in [-0.25, -0.2) is 0 Å². The smallest absolute Gasteiger partial charge is 0.251 e. The van der Waals surface area contributed by atoms with Crippen LogP contribution in [0.15, 0.2) is 24.4 Å². The first-order valence-corrected chi connectivity index (χ1v) is 6.94. The van der Waals surface area contributed by atoms with E-state index in [1.807, 2.05) is 0 Å². The van der Waals surface area contributed by atoms with Crippen LogP contribution in [0.2, 0.25) is 5.02 Å². The molecule has 0 atom stereocenters. The Morgan fingerprint density at radius 2 is 2.32 bits per heavy atom. The highest BCUT2D eigenvalue weighted by atomic mass is 127. The SMILES string of the molecule is Cn1ncc(CNC(=O)c2ccc(I)c(Cl)c2)c1N. The second kappa shape index (κ2) is 5.79. The molecule has 0 aliphatic carbocycles. The summed E-state index contributed by atoms with van der Waals surface area (Å²) in [6, 6.07) is 5.18. The molecule has 0 radical (unpaired) electrons. The number of halogens is 2. The number of carbonyl (C=O) groups is 1. The Morgan fingerprint density at radius 3 is 2.89 bits per heavy atom. The fraction of sp³-hybridized carbons (Fsp3) is 0.167. The van der Waals surface area contributed by atoms with Crippen LogP contribution in [0, 0.1) is 3.57 Å². The third kappa shape index (κ3) is 3.19. The van der Waals surface area contributed by atoms with Crippen molar-refractivity contribution in [2.75, 3.05) is 5.73 Å². The average Bonchev–Trinajstić information content (AvgIpc) is 2.70. The predicted molar refractivity (Wildman–Crippen MR) is 83.0 cm³/mol. The number of nitrogens with zero attached hydrogens (tertiary/aromatic N) is 2. The molecular formula is C12H12ClIN4O. The third-order valence-corrected chi connectivity index (χ3v) is 4.26. The Kier molecular flexibility index (Phi) is 4.31. The molecule has 1 heterocycles. The van der Waals surface area contributed by atoms with Crippen molar-refractivity contribution in [3.05, 3.63) is 44.1 Å². The molecule has 0 aliphatic heterocycles. The van der Waals surface area contributed by atoms with E-state index in [0.29, 0.717) is 22.9 Å².